The molecule has 6 rings (SSSR count). The first-order valence-corrected chi connectivity index (χ1v) is 12.2. The Labute approximate surface area is 199 Å². The van der Waals surface area contributed by atoms with Crippen LogP contribution in [0.2, 0.25) is 0 Å². The Kier molecular flexibility index (Phi) is 5.53. The first-order valence-electron chi connectivity index (χ1n) is 12.2. The minimum Gasteiger partial charge on any atom is -0.354 e. The number of hydrogen-bond donors (Lipinski definition) is 0. The molecule has 0 bridgehead atoms. The summed E-state index contributed by atoms with van der Waals surface area (Å²) < 4.78 is 13.9. The van der Waals surface area contributed by atoms with Gasteiger partial charge in [-0.15, -0.1) is 0 Å². The highest BCUT2D eigenvalue weighted by Crippen LogP contribution is 2.35. The van der Waals surface area contributed by atoms with Gasteiger partial charge in [0.2, 0.25) is 0 Å². The van der Waals surface area contributed by atoms with Crippen molar-refractivity contribution in [3.63, 3.8) is 0 Å². The van der Waals surface area contributed by atoms with E-state index in [2.05, 4.69) is 39.9 Å². The molecule has 1 aromatic carbocycles. The van der Waals surface area contributed by atoms with Crippen molar-refractivity contribution in [2.45, 2.75) is 24.9 Å². The van der Waals surface area contributed by atoms with Gasteiger partial charge in [0.05, 0.1) is 18.3 Å². The summed E-state index contributed by atoms with van der Waals surface area (Å²) in [4.78, 5) is 16.8. The zero-order valence-corrected chi connectivity index (χ0v) is 19.5. The number of pyridine rings is 1. The van der Waals surface area contributed by atoms with Crippen LogP contribution >= 0.6 is 0 Å². The van der Waals surface area contributed by atoms with E-state index in [1.807, 2.05) is 23.2 Å². The minimum atomic E-state index is -0.189. The first kappa shape index (κ1) is 21.3. The van der Waals surface area contributed by atoms with Crippen LogP contribution < -0.4 is 4.90 Å². The van der Waals surface area contributed by atoms with Crippen LogP contribution in [0.5, 0.6) is 0 Å². The Morgan fingerprint density at radius 1 is 0.912 bits per heavy atom. The highest BCUT2D eigenvalue weighted by atomic mass is 19.1. The monoisotopic (exact) mass is 459 g/mol. The van der Waals surface area contributed by atoms with Gasteiger partial charge in [-0.05, 0) is 61.9 Å². The van der Waals surface area contributed by atoms with Crippen LogP contribution in [-0.4, -0.2) is 77.8 Å². The van der Waals surface area contributed by atoms with Crippen molar-refractivity contribution in [1.29, 1.82) is 0 Å². The van der Waals surface area contributed by atoms with E-state index < -0.39 is 0 Å². The molecule has 0 saturated carbocycles. The zero-order valence-electron chi connectivity index (χ0n) is 19.5. The Balaban J connectivity index is 1.25. The number of halogens is 1. The van der Waals surface area contributed by atoms with Gasteiger partial charge in [-0.25, -0.2) is 14.4 Å². The molecule has 4 aliphatic heterocycles. The molecular weight excluding hydrogens is 429 g/mol. The van der Waals surface area contributed by atoms with Gasteiger partial charge in [-0.2, -0.15) is 5.10 Å². The number of nitrogens with zero attached hydrogens (tertiary/aromatic N) is 7. The van der Waals surface area contributed by atoms with Gasteiger partial charge in [0, 0.05) is 32.7 Å². The summed E-state index contributed by atoms with van der Waals surface area (Å²) in [5.74, 6) is 2.63. The van der Waals surface area contributed by atoms with E-state index in [-0.39, 0.29) is 17.9 Å². The lowest BCUT2D eigenvalue weighted by Gasteiger charge is -2.34. The topological polar surface area (TPSA) is 50.6 Å². The van der Waals surface area contributed by atoms with Crippen molar-refractivity contribution in [1.82, 2.24) is 19.8 Å². The van der Waals surface area contributed by atoms with E-state index in [4.69, 9.17) is 15.1 Å². The highest BCUT2D eigenvalue weighted by Gasteiger charge is 2.35. The lowest BCUT2D eigenvalue weighted by molar-refractivity contribution is 0.311. The number of hydrogen-bond acceptors (Lipinski definition) is 7. The second kappa shape index (κ2) is 8.83. The third-order valence-electron chi connectivity index (χ3n) is 7.25. The molecule has 0 N–H and O–H groups in total. The van der Waals surface area contributed by atoms with Gasteiger partial charge in [0.25, 0.3) is 0 Å². The van der Waals surface area contributed by atoms with E-state index in [1.165, 1.54) is 6.07 Å². The first-order chi connectivity index (χ1) is 16.7. The number of likely N-dealkylation sites (N-methyl/N-ethyl adjacent to an activating group) is 1. The van der Waals surface area contributed by atoms with Gasteiger partial charge in [0.1, 0.15) is 29.3 Å². The standard InChI is InChI=1S/C26H30FN7/c1-31-13-15-32(16-14-31)25-9-3-7-21(29-25)23-18-28-24-10-11-26(30-34(23)24)33-12-4-8-22(33)19-5-2-6-20(27)17-19/h2-3,5-7,9-11,17,22-23H,4,8,12-16,18H2,1H3/t22-,23?/m1/s1. The van der Waals surface area contributed by atoms with Crippen LogP contribution in [-0.2, 0) is 0 Å². The molecular formula is C26H30FN7. The molecule has 0 aliphatic carbocycles. The number of fused-ring (bicyclic) bond motifs is 1. The predicted molar refractivity (Wildman–Crippen MR) is 132 cm³/mol. The van der Waals surface area contributed by atoms with Crippen molar-refractivity contribution in [3.8, 4) is 0 Å². The molecule has 0 radical (unpaired) electrons. The fourth-order valence-electron chi connectivity index (χ4n) is 5.34. The lowest BCUT2D eigenvalue weighted by atomic mass is 10.0. The second-order valence-electron chi connectivity index (χ2n) is 9.47. The van der Waals surface area contributed by atoms with E-state index >= 15 is 0 Å². The normalized spacial score (nSPS) is 24.9. The smallest absolute Gasteiger partial charge is 0.149 e. The van der Waals surface area contributed by atoms with Crippen LogP contribution in [0.3, 0.4) is 0 Å². The van der Waals surface area contributed by atoms with E-state index in [9.17, 15) is 4.39 Å². The van der Waals surface area contributed by atoms with Gasteiger partial charge >= 0.3 is 0 Å². The molecule has 1 aromatic heterocycles. The number of amidine groups is 2. The molecule has 2 atom stereocenters. The number of aromatic nitrogens is 1. The molecule has 0 spiro atoms. The van der Waals surface area contributed by atoms with Crippen LogP contribution in [0.15, 0.2) is 64.7 Å². The van der Waals surface area contributed by atoms with Gasteiger partial charge in [0.15, 0.2) is 0 Å². The molecule has 2 aromatic rings. The number of piperazine rings is 1. The summed E-state index contributed by atoms with van der Waals surface area (Å²) >= 11 is 0. The molecule has 1 unspecified atom stereocenters. The van der Waals surface area contributed by atoms with Crippen molar-refractivity contribution >= 4 is 17.5 Å². The third-order valence-corrected chi connectivity index (χ3v) is 7.25. The van der Waals surface area contributed by atoms with E-state index in [0.29, 0.717) is 6.54 Å². The number of benzene rings is 1. The molecule has 176 valence electrons. The van der Waals surface area contributed by atoms with E-state index in [1.54, 1.807) is 12.1 Å². The van der Waals surface area contributed by atoms with Crippen molar-refractivity contribution in [3.05, 3.63) is 71.7 Å². The maximum Gasteiger partial charge on any atom is 0.149 e. The molecule has 8 heteroatoms. The molecule has 5 heterocycles. The summed E-state index contributed by atoms with van der Waals surface area (Å²) in [5, 5.41) is 7.06. The number of anilines is 1. The molecule has 34 heavy (non-hydrogen) atoms. The van der Waals surface area contributed by atoms with Crippen molar-refractivity contribution < 1.29 is 4.39 Å². The second-order valence-corrected chi connectivity index (χ2v) is 9.47. The number of hydrazone groups is 1. The third kappa shape index (κ3) is 3.96. The maximum atomic E-state index is 13.9. The van der Waals surface area contributed by atoms with Crippen molar-refractivity contribution in [2.75, 3.05) is 51.2 Å². The Hall–Kier alpha value is -3.26. The SMILES string of the molecule is CN1CCN(c2cccc(C3CN=C4C=CC(N5CCC[C@@H]5c5cccc(F)c5)=NN43)n2)CC1. The minimum absolute atomic E-state index is 0.0161. The summed E-state index contributed by atoms with van der Waals surface area (Å²) in [6, 6.07) is 13.4. The maximum absolute atomic E-state index is 13.9. The predicted octanol–water partition coefficient (Wildman–Crippen LogP) is 3.45. The molecule has 4 aliphatic rings. The Morgan fingerprint density at radius 3 is 2.59 bits per heavy atom. The fourth-order valence-corrected chi connectivity index (χ4v) is 5.34. The van der Waals surface area contributed by atoms with Crippen LogP contribution in [0.1, 0.15) is 36.2 Å². The Bertz CT molecular complexity index is 1150. The summed E-state index contributed by atoms with van der Waals surface area (Å²) in [6.07, 6.45) is 6.15. The number of likely N-dealkylation sites (tertiary alicyclic amines) is 1. The summed E-state index contributed by atoms with van der Waals surface area (Å²) in [6.45, 7) is 5.63. The highest BCUT2D eigenvalue weighted by molar-refractivity contribution is 6.06. The van der Waals surface area contributed by atoms with Crippen LogP contribution in [0, 0.1) is 5.82 Å². The summed E-state index contributed by atoms with van der Waals surface area (Å²) in [5.41, 5.74) is 2.00. The molecule has 7 nitrogen and oxygen atoms in total. The average molecular weight is 460 g/mol. The molecule has 2 saturated heterocycles. The van der Waals surface area contributed by atoms with Gasteiger partial charge in [-0.3, -0.25) is 4.99 Å². The van der Waals surface area contributed by atoms with Crippen molar-refractivity contribution in [2.24, 2.45) is 10.1 Å². The van der Waals surface area contributed by atoms with Gasteiger partial charge in [-0.1, -0.05) is 18.2 Å². The van der Waals surface area contributed by atoms with Crippen LogP contribution in [0.4, 0.5) is 10.2 Å². The zero-order chi connectivity index (χ0) is 23.1. The summed E-state index contributed by atoms with van der Waals surface area (Å²) in [7, 11) is 2.16. The largest absolute Gasteiger partial charge is 0.354 e. The van der Waals surface area contributed by atoms with Gasteiger partial charge < -0.3 is 14.7 Å². The molecule has 0 amide bonds. The quantitative estimate of drug-likeness (QED) is 0.704. The Morgan fingerprint density at radius 2 is 1.74 bits per heavy atom. The number of rotatable bonds is 3. The van der Waals surface area contributed by atoms with Crippen LogP contribution in [0.25, 0.3) is 0 Å². The van der Waals surface area contributed by atoms with E-state index in [0.717, 1.165) is 74.3 Å². The number of aliphatic imine (C=N–C) groups is 1. The average Bonchev–Trinajstić information content (AvgIpc) is 3.52. The lowest BCUT2D eigenvalue weighted by Crippen LogP contribution is -2.45. The fraction of sp³-hybridized carbons (Fsp3) is 0.423. The molecule has 2 fully saturated rings.